The zero-order chi connectivity index (χ0) is 12.7. The van der Waals surface area contributed by atoms with Crippen molar-refractivity contribution in [2.75, 3.05) is 6.61 Å². The Morgan fingerprint density at radius 2 is 2.00 bits per heavy atom. The maximum Gasteiger partial charge on any atom is 0.407 e. The molecule has 5 heteroatoms. The molecular formula is C12H19NO4. The van der Waals surface area contributed by atoms with Gasteiger partial charge in [-0.25, -0.2) is 4.79 Å². The summed E-state index contributed by atoms with van der Waals surface area (Å²) in [4.78, 5) is 21.8. The molecule has 1 aliphatic rings. The number of nitrogens with one attached hydrogen (secondary N) is 1. The van der Waals surface area contributed by atoms with Crippen LogP contribution in [-0.2, 0) is 9.53 Å². The number of carboxylic acid groups (broad SMARTS) is 1. The van der Waals surface area contributed by atoms with E-state index in [-0.39, 0.29) is 25.0 Å². The van der Waals surface area contributed by atoms with Gasteiger partial charge in [-0.1, -0.05) is 12.7 Å². The second kappa shape index (κ2) is 6.93. The number of ether oxygens (including phenoxy) is 1. The van der Waals surface area contributed by atoms with Crippen LogP contribution in [0.5, 0.6) is 0 Å². The molecule has 0 saturated heterocycles. The van der Waals surface area contributed by atoms with Crippen molar-refractivity contribution in [3.63, 3.8) is 0 Å². The third-order valence-corrected chi connectivity index (χ3v) is 2.96. The quantitative estimate of drug-likeness (QED) is 0.721. The zero-order valence-corrected chi connectivity index (χ0v) is 9.85. The molecule has 0 heterocycles. The molecule has 0 aromatic carbocycles. The fourth-order valence-electron chi connectivity index (χ4n) is 2.10. The molecule has 2 N–H and O–H groups in total. The van der Waals surface area contributed by atoms with E-state index in [4.69, 9.17) is 9.84 Å². The van der Waals surface area contributed by atoms with Crippen LogP contribution in [0.25, 0.3) is 0 Å². The standard InChI is InChI=1S/C12H19NO4/c1-2-7-17-12(16)13-10-5-3-9(4-6-10)8-11(14)15/h2,9-10H,1,3-8H2,(H,13,16)(H,14,15). The molecule has 0 unspecified atom stereocenters. The fraction of sp³-hybridized carbons (Fsp3) is 0.667. The van der Waals surface area contributed by atoms with E-state index in [9.17, 15) is 9.59 Å². The highest BCUT2D eigenvalue weighted by Crippen LogP contribution is 2.26. The molecule has 1 aliphatic carbocycles. The summed E-state index contributed by atoms with van der Waals surface area (Å²) in [7, 11) is 0. The number of carboxylic acids is 1. The summed E-state index contributed by atoms with van der Waals surface area (Å²) in [5, 5.41) is 11.4. The maximum atomic E-state index is 11.3. The molecule has 17 heavy (non-hydrogen) atoms. The molecule has 0 aromatic rings. The molecule has 0 atom stereocenters. The Hall–Kier alpha value is -1.52. The van der Waals surface area contributed by atoms with Gasteiger partial charge in [0.25, 0.3) is 0 Å². The molecule has 5 nitrogen and oxygen atoms in total. The summed E-state index contributed by atoms with van der Waals surface area (Å²) in [6.07, 6.45) is 4.66. The summed E-state index contributed by atoms with van der Waals surface area (Å²) < 4.78 is 4.82. The van der Waals surface area contributed by atoms with Crippen molar-refractivity contribution in [1.29, 1.82) is 0 Å². The van der Waals surface area contributed by atoms with Crippen LogP contribution in [0.2, 0.25) is 0 Å². The molecule has 0 aliphatic heterocycles. The van der Waals surface area contributed by atoms with Crippen molar-refractivity contribution in [2.24, 2.45) is 5.92 Å². The minimum absolute atomic E-state index is 0.109. The van der Waals surface area contributed by atoms with E-state index in [0.29, 0.717) is 0 Å². The Morgan fingerprint density at radius 3 is 2.53 bits per heavy atom. The predicted molar refractivity (Wildman–Crippen MR) is 62.7 cm³/mol. The van der Waals surface area contributed by atoms with Crippen LogP contribution in [0.4, 0.5) is 4.79 Å². The molecule has 0 bridgehead atoms. The molecule has 0 spiro atoms. The molecule has 1 rings (SSSR count). The summed E-state index contributed by atoms with van der Waals surface area (Å²) in [5.41, 5.74) is 0. The van der Waals surface area contributed by atoms with Gasteiger partial charge in [-0.05, 0) is 31.6 Å². The zero-order valence-electron chi connectivity index (χ0n) is 9.85. The van der Waals surface area contributed by atoms with Crippen molar-refractivity contribution in [1.82, 2.24) is 5.32 Å². The number of rotatable bonds is 5. The molecule has 0 aromatic heterocycles. The van der Waals surface area contributed by atoms with Gasteiger partial charge in [0.15, 0.2) is 0 Å². The first kappa shape index (κ1) is 13.5. The van der Waals surface area contributed by atoms with Crippen LogP contribution >= 0.6 is 0 Å². The first-order valence-electron chi connectivity index (χ1n) is 5.87. The van der Waals surface area contributed by atoms with Gasteiger partial charge in [0.2, 0.25) is 0 Å². The van der Waals surface area contributed by atoms with Gasteiger partial charge >= 0.3 is 12.1 Å². The van der Waals surface area contributed by atoms with Crippen LogP contribution in [0.15, 0.2) is 12.7 Å². The van der Waals surface area contributed by atoms with Crippen molar-refractivity contribution < 1.29 is 19.4 Å². The second-order valence-electron chi connectivity index (χ2n) is 4.35. The van der Waals surface area contributed by atoms with E-state index < -0.39 is 12.1 Å². The minimum atomic E-state index is -0.744. The number of hydrogen-bond donors (Lipinski definition) is 2. The van der Waals surface area contributed by atoms with Crippen LogP contribution in [0.1, 0.15) is 32.1 Å². The Balaban J connectivity index is 2.20. The highest BCUT2D eigenvalue weighted by atomic mass is 16.5. The smallest absolute Gasteiger partial charge is 0.407 e. The van der Waals surface area contributed by atoms with E-state index in [1.807, 2.05) is 0 Å². The largest absolute Gasteiger partial charge is 0.481 e. The Labute approximate surface area is 101 Å². The average Bonchev–Trinajstić information content (AvgIpc) is 2.28. The van der Waals surface area contributed by atoms with Gasteiger partial charge in [0, 0.05) is 12.5 Å². The first-order valence-corrected chi connectivity index (χ1v) is 5.87. The molecule has 96 valence electrons. The number of alkyl carbamates (subject to hydrolysis) is 1. The number of carbonyl (C=O) groups excluding carboxylic acids is 1. The maximum absolute atomic E-state index is 11.3. The molecule has 1 fully saturated rings. The van der Waals surface area contributed by atoms with Crippen molar-refractivity contribution in [3.8, 4) is 0 Å². The second-order valence-corrected chi connectivity index (χ2v) is 4.35. The predicted octanol–water partition coefficient (Wildman–Crippen LogP) is 1.93. The summed E-state index contributed by atoms with van der Waals surface area (Å²) in [5.74, 6) is -0.499. The molecule has 0 radical (unpaired) electrons. The van der Waals surface area contributed by atoms with E-state index in [0.717, 1.165) is 25.7 Å². The summed E-state index contributed by atoms with van der Waals surface area (Å²) in [6, 6.07) is 0.109. The van der Waals surface area contributed by atoms with Crippen molar-refractivity contribution in [3.05, 3.63) is 12.7 Å². The highest BCUT2D eigenvalue weighted by molar-refractivity contribution is 5.68. The summed E-state index contributed by atoms with van der Waals surface area (Å²) >= 11 is 0. The van der Waals surface area contributed by atoms with Gasteiger partial charge in [0.1, 0.15) is 6.61 Å². The lowest BCUT2D eigenvalue weighted by Gasteiger charge is -2.27. The number of amides is 1. The van der Waals surface area contributed by atoms with Gasteiger partial charge in [-0.2, -0.15) is 0 Å². The van der Waals surface area contributed by atoms with Gasteiger partial charge in [-0.15, -0.1) is 0 Å². The minimum Gasteiger partial charge on any atom is -0.481 e. The highest BCUT2D eigenvalue weighted by Gasteiger charge is 2.24. The molecule has 1 saturated carbocycles. The SMILES string of the molecule is C=CCOC(=O)NC1CCC(CC(=O)O)CC1. The van der Waals surface area contributed by atoms with Crippen molar-refractivity contribution in [2.45, 2.75) is 38.1 Å². The Bertz CT molecular complexity index is 282. The fourth-order valence-corrected chi connectivity index (χ4v) is 2.10. The van der Waals surface area contributed by atoms with E-state index in [1.54, 1.807) is 0 Å². The lowest BCUT2D eigenvalue weighted by molar-refractivity contribution is -0.138. The average molecular weight is 241 g/mol. The lowest BCUT2D eigenvalue weighted by Crippen LogP contribution is -2.38. The van der Waals surface area contributed by atoms with Gasteiger partial charge in [0.05, 0.1) is 0 Å². The third kappa shape index (κ3) is 5.38. The van der Waals surface area contributed by atoms with E-state index >= 15 is 0 Å². The normalized spacial score (nSPS) is 23.8. The number of carbonyl (C=O) groups is 2. The van der Waals surface area contributed by atoms with Gasteiger partial charge in [-0.3, -0.25) is 4.79 Å². The van der Waals surface area contributed by atoms with Crippen LogP contribution < -0.4 is 5.32 Å². The number of hydrogen-bond acceptors (Lipinski definition) is 3. The van der Waals surface area contributed by atoms with E-state index in [2.05, 4.69) is 11.9 Å². The topological polar surface area (TPSA) is 75.6 Å². The lowest BCUT2D eigenvalue weighted by atomic mass is 9.84. The molecular weight excluding hydrogens is 222 g/mol. The van der Waals surface area contributed by atoms with Crippen molar-refractivity contribution >= 4 is 12.1 Å². The number of aliphatic carboxylic acids is 1. The van der Waals surface area contributed by atoms with Gasteiger partial charge < -0.3 is 15.2 Å². The van der Waals surface area contributed by atoms with Crippen LogP contribution in [0.3, 0.4) is 0 Å². The Kier molecular flexibility index (Phi) is 5.52. The van der Waals surface area contributed by atoms with Crippen LogP contribution in [0, 0.1) is 5.92 Å². The molecule has 1 amide bonds. The third-order valence-electron chi connectivity index (χ3n) is 2.96. The summed E-state index contributed by atoms with van der Waals surface area (Å²) in [6.45, 7) is 3.66. The monoisotopic (exact) mass is 241 g/mol. The first-order chi connectivity index (χ1) is 8.11. The van der Waals surface area contributed by atoms with E-state index in [1.165, 1.54) is 6.08 Å². The van der Waals surface area contributed by atoms with Crippen LogP contribution in [-0.4, -0.2) is 29.8 Å². The Morgan fingerprint density at radius 1 is 1.35 bits per heavy atom.